The third kappa shape index (κ3) is 4.70. The second-order valence-electron chi connectivity index (χ2n) is 3.77. The Kier molecular flexibility index (Phi) is 5.52. The highest BCUT2D eigenvalue weighted by atomic mass is 32.2. The fourth-order valence-corrected chi connectivity index (χ4v) is 3.06. The smallest absolute Gasteiger partial charge is 0.132 e. The Morgan fingerprint density at radius 1 is 1.38 bits per heavy atom. The van der Waals surface area contributed by atoms with E-state index in [1.165, 1.54) is 31.4 Å². The summed E-state index contributed by atoms with van der Waals surface area (Å²) in [6.07, 6.45) is 8.27. The molecule has 0 atom stereocenters. The molecule has 1 fully saturated rings. The lowest BCUT2D eigenvalue weighted by molar-refractivity contribution is -0.118. The van der Waals surface area contributed by atoms with Gasteiger partial charge in [-0.05, 0) is 25.0 Å². The van der Waals surface area contributed by atoms with E-state index in [-0.39, 0.29) is 0 Å². The third-order valence-corrected chi connectivity index (χ3v) is 4.12. The number of hydrogen-bond donors (Lipinski definition) is 0. The van der Waals surface area contributed by atoms with Crippen LogP contribution in [0.5, 0.6) is 0 Å². The fourth-order valence-electron chi connectivity index (χ4n) is 1.75. The molecule has 0 aromatic rings. The molecule has 0 unspecified atom stereocenters. The van der Waals surface area contributed by atoms with Crippen LogP contribution >= 0.6 is 11.8 Å². The van der Waals surface area contributed by atoms with Crippen LogP contribution in [-0.4, -0.2) is 16.8 Å². The first-order valence-corrected chi connectivity index (χ1v) is 6.51. The van der Waals surface area contributed by atoms with Crippen molar-refractivity contribution < 1.29 is 4.79 Å². The van der Waals surface area contributed by atoms with Crippen molar-refractivity contribution in [2.75, 3.05) is 5.75 Å². The largest absolute Gasteiger partial charge is 0.300 e. The van der Waals surface area contributed by atoms with E-state index >= 15 is 0 Å². The molecule has 0 N–H and O–H groups in total. The number of Topliss-reactive ketones (excluding diaryl/α,β-unsaturated/α-hetero) is 1. The van der Waals surface area contributed by atoms with Crippen LogP contribution in [0.1, 0.15) is 51.9 Å². The number of hydrogen-bond acceptors (Lipinski definition) is 2. The minimum atomic E-state index is 0.423. The Hall–Kier alpha value is 0.0200. The molecule has 1 nitrogen and oxygen atoms in total. The topological polar surface area (TPSA) is 17.1 Å². The minimum Gasteiger partial charge on any atom is -0.300 e. The third-order valence-electron chi connectivity index (χ3n) is 2.65. The van der Waals surface area contributed by atoms with Crippen molar-refractivity contribution in [3.05, 3.63) is 0 Å². The molecule has 0 aliphatic heterocycles. The van der Waals surface area contributed by atoms with Gasteiger partial charge in [-0.2, -0.15) is 11.8 Å². The van der Waals surface area contributed by atoms with Crippen molar-refractivity contribution in [3.63, 3.8) is 0 Å². The van der Waals surface area contributed by atoms with Crippen molar-refractivity contribution in [2.45, 2.75) is 57.1 Å². The van der Waals surface area contributed by atoms with Crippen LogP contribution in [0.4, 0.5) is 0 Å². The minimum absolute atomic E-state index is 0.423. The summed E-state index contributed by atoms with van der Waals surface area (Å²) in [4.78, 5) is 11.0. The molecule has 76 valence electrons. The molecular weight excluding hydrogens is 180 g/mol. The van der Waals surface area contributed by atoms with Gasteiger partial charge >= 0.3 is 0 Å². The first-order valence-electron chi connectivity index (χ1n) is 5.46. The van der Waals surface area contributed by atoms with E-state index in [0.717, 1.165) is 18.1 Å². The average molecular weight is 200 g/mol. The molecular formula is C11H20OS. The predicted molar refractivity (Wildman–Crippen MR) is 59.2 cm³/mol. The van der Waals surface area contributed by atoms with E-state index in [4.69, 9.17) is 0 Å². The number of ketones is 1. The van der Waals surface area contributed by atoms with E-state index in [2.05, 4.69) is 11.8 Å². The maximum Gasteiger partial charge on any atom is 0.132 e. The lowest BCUT2D eigenvalue weighted by Crippen LogP contribution is -1.99. The Bertz CT molecular complexity index is 150. The van der Waals surface area contributed by atoms with Crippen LogP contribution in [0.3, 0.4) is 0 Å². The van der Waals surface area contributed by atoms with Gasteiger partial charge < -0.3 is 0 Å². The van der Waals surface area contributed by atoms with E-state index in [0.29, 0.717) is 12.2 Å². The Labute approximate surface area is 85.7 Å². The van der Waals surface area contributed by atoms with E-state index in [9.17, 15) is 4.79 Å². The van der Waals surface area contributed by atoms with Gasteiger partial charge in [-0.1, -0.05) is 19.8 Å². The quantitative estimate of drug-likeness (QED) is 0.611. The first-order chi connectivity index (χ1) is 6.33. The summed E-state index contributed by atoms with van der Waals surface area (Å²) in [7, 11) is 0. The Morgan fingerprint density at radius 2 is 2.08 bits per heavy atom. The molecule has 0 saturated heterocycles. The molecule has 0 aromatic carbocycles. The van der Waals surface area contributed by atoms with Gasteiger partial charge in [-0.25, -0.2) is 0 Å². The molecule has 1 rings (SSSR count). The summed E-state index contributed by atoms with van der Waals surface area (Å²) in [5, 5.41) is 0.914. The van der Waals surface area contributed by atoms with Gasteiger partial charge in [0.15, 0.2) is 0 Å². The molecule has 0 spiro atoms. The first kappa shape index (κ1) is 11.1. The standard InChI is InChI=1S/C11H20OS/c1-2-10(12)6-5-9-13-11-7-3-4-8-11/h11H,2-9H2,1H3. The zero-order valence-corrected chi connectivity index (χ0v) is 9.37. The fraction of sp³-hybridized carbons (Fsp3) is 0.909. The second kappa shape index (κ2) is 6.47. The summed E-state index contributed by atoms with van der Waals surface area (Å²) in [5.74, 6) is 1.61. The molecule has 13 heavy (non-hydrogen) atoms. The van der Waals surface area contributed by atoms with Gasteiger partial charge in [0.2, 0.25) is 0 Å². The predicted octanol–water partition coefficient (Wildman–Crippen LogP) is 3.42. The maximum atomic E-state index is 11.0. The van der Waals surface area contributed by atoms with Crippen LogP contribution in [0.2, 0.25) is 0 Å². The highest BCUT2D eigenvalue weighted by molar-refractivity contribution is 7.99. The molecule has 0 amide bonds. The Balaban J connectivity index is 1.91. The van der Waals surface area contributed by atoms with Crippen LogP contribution in [0, 0.1) is 0 Å². The summed E-state index contributed by atoms with van der Waals surface area (Å²) < 4.78 is 0. The second-order valence-corrected chi connectivity index (χ2v) is 5.18. The lowest BCUT2D eigenvalue weighted by atomic mass is 10.2. The van der Waals surface area contributed by atoms with Gasteiger partial charge in [-0.3, -0.25) is 4.79 Å². The number of rotatable bonds is 6. The lowest BCUT2D eigenvalue weighted by Gasteiger charge is -2.07. The number of carbonyl (C=O) groups excluding carboxylic acids is 1. The van der Waals surface area contributed by atoms with Gasteiger partial charge in [0, 0.05) is 18.1 Å². The summed E-state index contributed by atoms with van der Waals surface area (Å²) >= 11 is 2.08. The van der Waals surface area contributed by atoms with Gasteiger partial charge in [0.1, 0.15) is 5.78 Å². The SMILES string of the molecule is CCC(=O)CCCSC1CCCC1. The van der Waals surface area contributed by atoms with Crippen molar-refractivity contribution in [1.82, 2.24) is 0 Å². The summed E-state index contributed by atoms with van der Waals surface area (Å²) in [6, 6.07) is 0. The molecule has 0 heterocycles. The highest BCUT2D eigenvalue weighted by Gasteiger charge is 2.14. The molecule has 2 heteroatoms. The molecule has 0 bridgehead atoms. The molecule has 1 aliphatic carbocycles. The van der Waals surface area contributed by atoms with Crippen molar-refractivity contribution >= 4 is 17.5 Å². The summed E-state index contributed by atoms with van der Waals surface area (Å²) in [5.41, 5.74) is 0. The van der Waals surface area contributed by atoms with Gasteiger partial charge in [0.25, 0.3) is 0 Å². The Morgan fingerprint density at radius 3 is 2.69 bits per heavy atom. The van der Waals surface area contributed by atoms with E-state index in [1.807, 2.05) is 6.92 Å². The zero-order valence-electron chi connectivity index (χ0n) is 8.55. The van der Waals surface area contributed by atoms with Crippen molar-refractivity contribution in [1.29, 1.82) is 0 Å². The molecule has 1 saturated carbocycles. The molecule has 0 aromatic heterocycles. The van der Waals surface area contributed by atoms with Crippen molar-refractivity contribution in [2.24, 2.45) is 0 Å². The van der Waals surface area contributed by atoms with Crippen LogP contribution < -0.4 is 0 Å². The average Bonchev–Trinajstić information content (AvgIpc) is 2.64. The van der Waals surface area contributed by atoms with Gasteiger partial charge in [0.05, 0.1) is 0 Å². The maximum absolute atomic E-state index is 11.0. The van der Waals surface area contributed by atoms with E-state index < -0.39 is 0 Å². The van der Waals surface area contributed by atoms with Crippen LogP contribution in [-0.2, 0) is 4.79 Å². The van der Waals surface area contributed by atoms with Crippen LogP contribution in [0.15, 0.2) is 0 Å². The van der Waals surface area contributed by atoms with E-state index in [1.54, 1.807) is 0 Å². The van der Waals surface area contributed by atoms with Crippen molar-refractivity contribution in [3.8, 4) is 0 Å². The molecule has 0 radical (unpaired) electrons. The normalized spacial score (nSPS) is 17.9. The van der Waals surface area contributed by atoms with Gasteiger partial charge in [-0.15, -0.1) is 0 Å². The highest BCUT2D eigenvalue weighted by Crippen LogP contribution is 2.29. The number of carbonyl (C=O) groups is 1. The summed E-state index contributed by atoms with van der Waals surface area (Å²) in [6.45, 7) is 1.95. The number of thioether (sulfide) groups is 1. The molecule has 1 aliphatic rings. The zero-order chi connectivity index (χ0) is 9.52. The van der Waals surface area contributed by atoms with Crippen LogP contribution in [0.25, 0.3) is 0 Å². The monoisotopic (exact) mass is 200 g/mol.